The van der Waals surface area contributed by atoms with E-state index in [0.717, 1.165) is 5.69 Å². The van der Waals surface area contributed by atoms with Crippen LogP contribution in [0.2, 0.25) is 0 Å². The van der Waals surface area contributed by atoms with E-state index in [0.29, 0.717) is 18.7 Å². The minimum Gasteiger partial charge on any atom is -0.469 e. The van der Waals surface area contributed by atoms with Crippen LogP contribution in [0.3, 0.4) is 0 Å². The number of nitrogens with zero attached hydrogens (tertiary/aromatic N) is 2. The van der Waals surface area contributed by atoms with Crippen molar-refractivity contribution in [2.75, 3.05) is 7.11 Å². The van der Waals surface area contributed by atoms with Gasteiger partial charge in [0.05, 0.1) is 13.5 Å². The van der Waals surface area contributed by atoms with Gasteiger partial charge in [-0.25, -0.2) is 9.97 Å². The number of methoxy groups -OCH3 is 1. The van der Waals surface area contributed by atoms with Crippen LogP contribution in [0.4, 0.5) is 0 Å². The Morgan fingerprint density at radius 3 is 3.07 bits per heavy atom. The van der Waals surface area contributed by atoms with Crippen LogP contribution in [0.5, 0.6) is 0 Å². The van der Waals surface area contributed by atoms with Crippen LogP contribution in [0, 0.1) is 18.8 Å². The second-order valence-electron chi connectivity index (χ2n) is 2.90. The van der Waals surface area contributed by atoms with Crippen LogP contribution in [0.1, 0.15) is 24.4 Å². The Hall–Kier alpha value is -1.89. The standard InChI is InChI=1S/C11H12N2O2/c1-9-7-8-12-10(13-9)5-3-4-6-11(14)15-2/h7-8H,4,6H2,1-2H3. The first-order chi connectivity index (χ1) is 7.22. The Balaban J connectivity index is 2.48. The molecule has 1 rings (SSSR count). The maximum atomic E-state index is 10.8. The summed E-state index contributed by atoms with van der Waals surface area (Å²) in [6, 6.07) is 1.81. The van der Waals surface area contributed by atoms with Gasteiger partial charge in [-0.3, -0.25) is 4.79 Å². The fourth-order valence-electron chi connectivity index (χ4n) is 0.917. The van der Waals surface area contributed by atoms with E-state index in [-0.39, 0.29) is 5.97 Å². The van der Waals surface area contributed by atoms with E-state index in [2.05, 4.69) is 26.5 Å². The fraction of sp³-hybridized carbons (Fsp3) is 0.364. The zero-order chi connectivity index (χ0) is 11.1. The van der Waals surface area contributed by atoms with Crippen LogP contribution in [-0.4, -0.2) is 23.0 Å². The first kappa shape index (κ1) is 11.2. The lowest BCUT2D eigenvalue weighted by molar-refractivity contribution is -0.140. The van der Waals surface area contributed by atoms with E-state index < -0.39 is 0 Å². The molecule has 0 unspecified atom stereocenters. The van der Waals surface area contributed by atoms with E-state index in [1.54, 1.807) is 12.3 Å². The molecule has 0 atom stereocenters. The van der Waals surface area contributed by atoms with Gasteiger partial charge in [-0.2, -0.15) is 0 Å². The monoisotopic (exact) mass is 204 g/mol. The van der Waals surface area contributed by atoms with Crippen LogP contribution >= 0.6 is 0 Å². The van der Waals surface area contributed by atoms with Gasteiger partial charge in [0, 0.05) is 18.3 Å². The molecule has 78 valence electrons. The molecule has 0 amide bonds. The molecule has 0 spiro atoms. The number of carbonyl (C=O) groups excluding carboxylic acids is 1. The largest absolute Gasteiger partial charge is 0.469 e. The van der Waals surface area contributed by atoms with E-state index in [9.17, 15) is 4.79 Å². The molecular formula is C11H12N2O2. The van der Waals surface area contributed by atoms with Crippen molar-refractivity contribution in [3.63, 3.8) is 0 Å². The first-order valence-electron chi connectivity index (χ1n) is 4.57. The maximum Gasteiger partial charge on any atom is 0.306 e. The molecule has 1 aromatic rings. The third-order valence-corrected chi connectivity index (χ3v) is 1.68. The summed E-state index contributed by atoms with van der Waals surface area (Å²) >= 11 is 0. The lowest BCUT2D eigenvalue weighted by Crippen LogP contribution is -1.98. The number of hydrogen-bond acceptors (Lipinski definition) is 4. The third kappa shape index (κ3) is 4.23. The van der Waals surface area contributed by atoms with Crippen LogP contribution < -0.4 is 0 Å². The molecular weight excluding hydrogens is 192 g/mol. The Morgan fingerprint density at radius 2 is 2.40 bits per heavy atom. The lowest BCUT2D eigenvalue weighted by atomic mass is 10.3. The van der Waals surface area contributed by atoms with E-state index in [1.165, 1.54) is 7.11 Å². The summed E-state index contributed by atoms with van der Waals surface area (Å²) < 4.78 is 4.48. The molecule has 1 aromatic heterocycles. The highest BCUT2D eigenvalue weighted by Gasteiger charge is 1.96. The summed E-state index contributed by atoms with van der Waals surface area (Å²) in [7, 11) is 1.36. The summed E-state index contributed by atoms with van der Waals surface area (Å²) in [5.74, 6) is 5.83. The predicted molar refractivity (Wildman–Crippen MR) is 54.9 cm³/mol. The molecule has 0 radical (unpaired) electrons. The Morgan fingerprint density at radius 1 is 1.60 bits per heavy atom. The summed E-state index contributed by atoms with van der Waals surface area (Å²) in [6.45, 7) is 1.88. The minimum absolute atomic E-state index is 0.255. The highest BCUT2D eigenvalue weighted by atomic mass is 16.5. The molecule has 0 N–H and O–H groups in total. The fourth-order valence-corrected chi connectivity index (χ4v) is 0.917. The average Bonchev–Trinajstić information content (AvgIpc) is 2.24. The summed E-state index contributed by atoms with van der Waals surface area (Å²) in [5.41, 5.74) is 0.877. The molecule has 4 heteroatoms. The van der Waals surface area contributed by atoms with Crippen molar-refractivity contribution in [3.8, 4) is 11.8 Å². The van der Waals surface area contributed by atoms with Gasteiger partial charge >= 0.3 is 5.97 Å². The summed E-state index contributed by atoms with van der Waals surface area (Å²) in [4.78, 5) is 18.8. The van der Waals surface area contributed by atoms with Crippen molar-refractivity contribution in [2.45, 2.75) is 19.8 Å². The Bertz CT molecular complexity index is 405. The van der Waals surface area contributed by atoms with E-state index in [4.69, 9.17) is 0 Å². The molecule has 1 heterocycles. The molecule has 0 aliphatic heterocycles. The molecule has 0 bridgehead atoms. The normalized spacial score (nSPS) is 8.93. The Kier molecular flexibility index (Phi) is 4.30. The number of aromatic nitrogens is 2. The highest BCUT2D eigenvalue weighted by molar-refractivity contribution is 5.69. The second kappa shape index (κ2) is 5.76. The minimum atomic E-state index is -0.255. The quantitative estimate of drug-likeness (QED) is 0.534. The molecule has 0 saturated heterocycles. The van der Waals surface area contributed by atoms with E-state index >= 15 is 0 Å². The van der Waals surface area contributed by atoms with Gasteiger partial charge in [0.2, 0.25) is 5.82 Å². The molecule has 15 heavy (non-hydrogen) atoms. The number of esters is 1. The van der Waals surface area contributed by atoms with Crippen LogP contribution in [0.15, 0.2) is 12.3 Å². The van der Waals surface area contributed by atoms with Crippen molar-refractivity contribution in [1.29, 1.82) is 0 Å². The molecule has 0 aliphatic carbocycles. The number of aryl methyl sites for hydroxylation is 1. The van der Waals surface area contributed by atoms with Gasteiger partial charge in [0.15, 0.2) is 0 Å². The SMILES string of the molecule is COC(=O)CCC#Cc1nccc(C)n1. The van der Waals surface area contributed by atoms with Gasteiger partial charge < -0.3 is 4.74 Å². The third-order valence-electron chi connectivity index (χ3n) is 1.68. The highest BCUT2D eigenvalue weighted by Crippen LogP contribution is 1.93. The van der Waals surface area contributed by atoms with Gasteiger partial charge in [-0.1, -0.05) is 5.92 Å². The lowest BCUT2D eigenvalue weighted by Gasteiger charge is -1.92. The van der Waals surface area contributed by atoms with Gasteiger partial charge in [-0.15, -0.1) is 0 Å². The van der Waals surface area contributed by atoms with Crippen molar-refractivity contribution in [1.82, 2.24) is 9.97 Å². The number of carbonyl (C=O) groups is 1. The zero-order valence-electron chi connectivity index (χ0n) is 8.78. The van der Waals surface area contributed by atoms with Crippen molar-refractivity contribution < 1.29 is 9.53 Å². The number of ether oxygens (including phenoxy) is 1. The molecule has 0 aromatic carbocycles. The number of rotatable bonds is 2. The van der Waals surface area contributed by atoms with E-state index in [1.807, 2.05) is 6.92 Å². The Labute approximate surface area is 88.7 Å². The van der Waals surface area contributed by atoms with Crippen molar-refractivity contribution in [3.05, 3.63) is 23.8 Å². The molecule has 0 aliphatic rings. The van der Waals surface area contributed by atoms with Crippen LogP contribution in [-0.2, 0) is 9.53 Å². The number of hydrogen-bond donors (Lipinski definition) is 0. The zero-order valence-corrected chi connectivity index (χ0v) is 8.78. The summed E-state index contributed by atoms with van der Waals surface area (Å²) in [5, 5.41) is 0. The van der Waals surface area contributed by atoms with Crippen LogP contribution in [0.25, 0.3) is 0 Å². The smallest absolute Gasteiger partial charge is 0.306 e. The first-order valence-corrected chi connectivity index (χ1v) is 4.57. The van der Waals surface area contributed by atoms with Gasteiger partial charge in [0.25, 0.3) is 0 Å². The molecule has 0 fully saturated rings. The molecule has 4 nitrogen and oxygen atoms in total. The molecule has 0 saturated carbocycles. The van der Waals surface area contributed by atoms with Crippen molar-refractivity contribution >= 4 is 5.97 Å². The second-order valence-corrected chi connectivity index (χ2v) is 2.90. The summed E-state index contributed by atoms with van der Waals surface area (Å²) in [6.07, 6.45) is 2.42. The average molecular weight is 204 g/mol. The van der Waals surface area contributed by atoms with Crippen molar-refractivity contribution in [2.24, 2.45) is 0 Å². The maximum absolute atomic E-state index is 10.8. The van der Waals surface area contributed by atoms with Gasteiger partial charge in [0.1, 0.15) is 0 Å². The van der Waals surface area contributed by atoms with Gasteiger partial charge in [-0.05, 0) is 18.9 Å². The topological polar surface area (TPSA) is 52.1 Å². The predicted octanol–water partition coefficient (Wildman–Crippen LogP) is 1.09.